The number of hydrogen-bond acceptors (Lipinski definition) is 3. The molecular formula is C15H25NO2. The molecule has 2 heterocycles. The van der Waals surface area contributed by atoms with Crippen LogP contribution < -0.4 is 5.32 Å². The molecule has 0 bridgehead atoms. The number of aryl methyl sites for hydroxylation is 1. The highest BCUT2D eigenvalue weighted by atomic mass is 16.5. The van der Waals surface area contributed by atoms with Crippen LogP contribution >= 0.6 is 0 Å². The highest BCUT2D eigenvalue weighted by Crippen LogP contribution is 2.48. The Morgan fingerprint density at radius 3 is 2.39 bits per heavy atom. The molecule has 0 aliphatic carbocycles. The van der Waals surface area contributed by atoms with E-state index >= 15 is 0 Å². The van der Waals surface area contributed by atoms with Crippen LogP contribution in [0.2, 0.25) is 0 Å². The molecule has 1 aliphatic heterocycles. The van der Waals surface area contributed by atoms with Gasteiger partial charge in [-0.15, -0.1) is 0 Å². The highest BCUT2D eigenvalue weighted by Gasteiger charge is 2.49. The van der Waals surface area contributed by atoms with Crippen molar-refractivity contribution in [2.24, 2.45) is 5.92 Å². The fraction of sp³-hybridized carbons (Fsp3) is 0.733. The number of hydrogen-bond donors (Lipinski definition) is 1. The lowest BCUT2D eigenvalue weighted by molar-refractivity contribution is -0.0777. The molecule has 0 aromatic carbocycles. The lowest BCUT2D eigenvalue weighted by atomic mass is 9.79. The minimum atomic E-state index is -0.124. The van der Waals surface area contributed by atoms with E-state index in [1.165, 1.54) is 5.56 Å². The van der Waals surface area contributed by atoms with E-state index in [-0.39, 0.29) is 17.2 Å². The van der Waals surface area contributed by atoms with Crippen molar-refractivity contribution in [3.05, 3.63) is 23.7 Å². The quantitative estimate of drug-likeness (QED) is 0.893. The Labute approximate surface area is 110 Å². The van der Waals surface area contributed by atoms with Crippen LogP contribution in [0.25, 0.3) is 0 Å². The first-order valence-corrected chi connectivity index (χ1v) is 6.68. The van der Waals surface area contributed by atoms with E-state index in [2.05, 4.69) is 39.1 Å². The molecule has 1 aromatic rings. The summed E-state index contributed by atoms with van der Waals surface area (Å²) in [4.78, 5) is 0. The molecule has 0 radical (unpaired) electrons. The van der Waals surface area contributed by atoms with Crippen molar-refractivity contribution in [3.8, 4) is 0 Å². The summed E-state index contributed by atoms with van der Waals surface area (Å²) in [7, 11) is 2.01. The lowest BCUT2D eigenvalue weighted by Gasteiger charge is -2.32. The molecule has 1 N–H and O–H groups in total. The molecule has 3 heteroatoms. The summed E-state index contributed by atoms with van der Waals surface area (Å²) < 4.78 is 11.6. The first kappa shape index (κ1) is 13.6. The van der Waals surface area contributed by atoms with E-state index in [4.69, 9.17) is 9.15 Å². The summed E-state index contributed by atoms with van der Waals surface area (Å²) in [5.74, 6) is 1.43. The summed E-state index contributed by atoms with van der Waals surface area (Å²) in [5.41, 5.74) is 1.07. The molecule has 2 rings (SSSR count). The molecule has 1 aromatic heterocycles. The molecule has 1 saturated heterocycles. The summed E-state index contributed by atoms with van der Waals surface area (Å²) in [6.07, 6.45) is 2.82. The molecule has 2 atom stereocenters. The average Bonchev–Trinajstić information content (AvgIpc) is 2.71. The van der Waals surface area contributed by atoms with E-state index in [9.17, 15) is 0 Å². The lowest BCUT2D eigenvalue weighted by Crippen LogP contribution is -2.37. The van der Waals surface area contributed by atoms with Gasteiger partial charge >= 0.3 is 0 Å². The number of nitrogens with one attached hydrogen (secondary N) is 1. The van der Waals surface area contributed by atoms with Crippen molar-refractivity contribution in [1.29, 1.82) is 0 Å². The van der Waals surface area contributed by atoms with Gasteiger partial charge in [0.15, 0.2) is 0 Å². The second-order valence-electron chi connectivity index (χ2n) is 6.47. The van der Waals surface area contributed by atoms with Crippen molar-refractivity contribution in [3.63, 3.8) is 0 Å². The second kappa shape index (κ2) is 4.39. The zero-order chi connectivity index (χ0) is 13.6. The third kappa shape index (κ3) is 2.34. The number of ether oxygens (including phenoxy) is 1. The molecular weight excluding hydrogens is 226 g/mol. The average molecular weight is 251 g/mol. The predicted octanol–water partition coefficient (Wildman–Crippen LogP) is 3.44. The van der Waals surface area contributed by atoms with E-state index in [0.29, 0.717) is 5.92 Å². The zero-order valence-corrected chi connectivity index (χ0v) is 12.3. The fourth-order valence-corrected chi connectivity index (χ4v) is 3.41. The van der Waals surface area contributed by atoms with Crippen molar-refractivity contribution >= 4 is 0 Å². The van der Waals surface area contributed by atoms with Crippen LogP contribution in [0.15, 0.2) is 16.7 Å². The standard InChI is InChI=1S/C15H25NO2/c1-10-11(7-8-17-10)13(16-6)12-9-14(2,3)18-15(12,4)5/h7-8,12-13,16H,9H2,1-6H3. The molecule has 3 nitrogen and oxygen atoms in total. The van der Waals surface area contributed by atoms with Crippen LogP contribution in [0.5, 0.6) is 0 Å². The van der Waals surface area contributed by atoms with Crippen molar-refractivity contribution < 1.29 is 9.15 Å². The third-order valence-corrected chi connectivity index (χ3v) is 4.09. The maximum atomic E-state index is 6.20. The van der Waals surface area contributed by atoms with Crippen LogP contribution in [0.4, 0.5) is 0 Å². The Morgan fingerprint density at radius 2 is 2.00 bits per heavy atom. The van der Waals surface area contributed by atoms with Gasteiger partial charge in [0.1, 0.15) is 5.76 Å². The van der Waals surface area contributed by atoms with Gasteiger partial charge in [-0.1, -0.05) is 0 Å². The number of furan rings is 1. The second-order valence-corrected chi connectivity index (χ2v) is 6.47. The maximum absolute atomic E-state index is 6.20. The maximum Gasteiger partial charge on any atom is 0.105 e. The summed E-state index contributed by atoms with van der Waals surface area (Å²) in [5, 5.41) is 3.44. The Morgan fingerprint density at radius 1 is 1.33 bits per heavy atom. The van der Waals surface area contributed by atoms with Gasteiger partial charge < -0.3 is 14.5 Å². The zero-order valence-electron chi connectivity index (χ0n) is 12.3. The van der Waals surface area contributed by atoms with Gasteiger partial charge in [-0.05, 0) is 54.2 Å². The first-order chi connectivity index (χ1) is 8.27. The van der Waals surface area contributed by atoms with Crippen LogP contribution in [0, 0.1) is 12.8 Å². The van der Waals surface area contributed by atoms with E-state index in [1.54, 1.807) is 6.26 Å². The normalized spacial score (nSPS) is 27.3. The van der Waals surface area contributed by atoms with E-state index in [0.717, 1.165) is 12.2 Å². The molecule has 1 aliphatic rings. The monoisotopic (exact) mass is 251 g/mol. The summed E-state index contributed by atoms with van der Waals surface area (Å²) in [6, 6.07) is 2.35. The van der Waals surface area contributed by atoms with Gasteiger partial charge in [-0.2, -0.15) is 0 Å². The molecule has 2 unspecified atom stereocenters. The van der Waals surface area contributed by atoms with Crippen LogP contribution in [-0.4, -0.2) is 18.2 Å². The van der Waals surface area contributed by atoms with Gasteiger partial charge in [0.2, 0.25) is 0 Å². The fourth-order valence-electron chi connectivity index (χ4n) is 3.41. The SMILES string of the molecule is CNC(c1ccoc1C)C1CC(C)(C)OC1(C)C. The van der Waals surface area contributed by atoms with Gasteiger partial charge in [0.25, 0.3) is 0 Å². The topological polar surface area (TPSA) is 34.4 Å². The third-order valence-electron chi connectivity index (χ3n) is 4.09. The molecule has 0 spiro atoms. The van der Waals surface area contributed by atoms with Crippen molar-refractivity contribution in [2.75, 3.05) is 7.05 Å². The Bertz CT molecular complexity index is 420. The Hall–Kier alpha value is -0.800. The van der Waals surface area contributed by atoms with Gasteiger partial charge in [-0.3, -0.25) is 0 Å². The Kier molecular flexibility index (Phi) is 3.32. The summed E-state index contributed by atoms with van der Waals surface area (Å²) in [6.45, 7) is 10.7. The minimum absolute atomic E-state index is 0.0547. The summed E-state index contributed by atoms with van der Waals surface area (Å²) >= 11 is 0. The molecule has 102 valence electrons. The predicted molar refractivity (Wildman–Crippen MR) is 72.6 cm³/mol. The number of rotatable bonds is 3. The van der Waals surface area contributed by atoms with Crippen LogP contribution in [0.3, 0.4) is 0 Å². The van der Waals surface area contributed by atoms with Gasteiger partial charge in [0, 0.05) is 17.5 Å². The largest absolute Gasteiger partial charge is 0.469 e. The molecule has 18 heavy (non-hydrogen) atoms. The smallest absolute Gasteiger partial charge is 0.105 e. The highest BCUT2D eigenvalue weighted by molar-refractivity contribution is 5.23. The van der Waals surface area contributed by atoms with E-state index in [1.807, 2.05) is 14.0 Å². The molecule has 0 saturated carbocycles. The van der Waals surface area contributed by atoms with Crippen molar-refractivity contribution in [1.82, 2.24) is 5.32 Å². The van der Waals surface area contributed by atoms with E-state index < -0.39 is 0 Å². The van der Waals surface area contributed by atoms with Crippen LogP contribution in [0.1, 0.15) is 51.5 Å². The van der Waals surface area contributed by atoms with Gasteiger partial charge in [0.05, 0.1) is 17.5 Å². The first-order valence-electron chi connectivity index (χ1n) is 6.68. The Balaban J connectivity index is 2.32. The minimum Gasteiger partial charge on any atom is -0.469 e. The molecule has 1 fully saturated rings. The van der Waals surface area contributed by atoms with Gasteiger partial charge in [-0.25, -0.2) is 0 Å². The van der Waals surface area contributed by atoms with Crippen LogP contribution in [-0.2, 0) is 4.74 Å². The van der Waals surface area contributed by atoms with Crippen molar-refractivity contribution in [2.45, 2.75) is 58.3 Å². The molecule has 0 amide bonds.